The summed E-state index contributed by atoms with van der Waals surface area (Å²) >= 11 is 6.34. The van der Waals surface area contributed by atoms with Crippen molar-refractivity contribution in [2.24, 2.45) is 11.3 Å². The molecular weight excluding hydrogens is 570 g/mol. The van der Waals surface area contributed by atoms with Crippen molar-refractivity contribution >= 4 is 35.9 Å². The number of halogens is 2. The molecular formula is C25H31ClFN4O8P. The second kappa shape index (κ2) is 10.6. The number of ether oxygens (including phenoxy) is 2. The molecule has 0 aliphatic heterocycles. The minimum absolute atomic E-state index is 0.129. The average molecular weight is 601 g/mol. The maximum atomic E-state index is 14.4. The third kappa shape index (κ3) is 4.73. The number of rotatable bonds is 11. The highest BCUT2D eigenvalue weighted by Gasteiger charge is 2.72. The smallest absolute Gasteiger partial charge is 0.361 e. The fourth-order valence-corrected chi connectivity index (χ4v) is 6.74. The Hall–Kier alpha value is -2.19. The van der Waals surface area contributed by atoms with Gasteiger partial charge in [-0.3, -0.25) is 4.57 Å². The second-order valence-corrected chi connectivity index (χ2v) is 12.8. The third-order valence-electron chi connectivity index (χ3n) is 8.17. The van der Waals surface area contributed by atoms with E-state index in [0.717, 1.165) is 0 Å². The zero-order valence-corrected chi connectivity index (χ0v) is 23.3. The molecule has 0 bridgehead atoms. The molecule has 15 heteroatoms. The average Bonchev–Trinajstić information content (AvgIpc) is 3.40. The Kier molecular flexibility index (Phi) is 7.75. The number of aliphatic hydroxyl groups excluding tert-OH is 3. The van der Waals surface area contributed by atoms with Gasteiger partial charge in [-0.15, -0.1) is 0 Å². The quantitative estimate of drug-likeness (QED) is 0.140. The van der Waals surface area contributed by atoms with E-state index in [4.69, 9.17) is 21.1 Å². The Morgan fingerprint density at radius 3 is 2.73 bits per heavy atom. The van der Waals surface area contributed by atoms with Crippen LogP contribution in [0.1, 0.15) is 31.0 Å². The van der Waals surface area contributed by atoms with Crippen LogP contribution < -0.4 is 5.32 Å². The van der Waals surface area contributed by atoms with Crippen molar-refractivity contribution in [2.75, 3.05) is 32.2 Å². The molecule has 0 spiro atoms. The summed E-state index contributed by atoms with van der Waals surface area (Å²) in [6, 6.07) is 6.81. The number of nitrogens with zero attached hydrogens (tertiary/aromatic N) is 3. The fraction of sp³-hybridized carbons (Fsp3) is 0.520. The third-order valence-corrected chi connectivity index (χ3v) is 9.83. The molecule has 2 fully saturated rings. The molecule has 3 aromatic rings. The van der Waals surface area contributed by atoms with Gasteiger partial charge in [-0.2, -0.15) is 5.10 Å². The van der Waals surface area contributed by atoms with Crippen LogP contribution in [0.3, 0.4) is 0 Å². The van der Waals surface area contributed by atoms with Crippen molar-refractivity contribution in [3.8, 4) is 0 Å². The lowest BCUT2D eigenvalue weighted by Crippen LogP contribution is -2.44. The van der Waals surface area contributed by atoms with Crippen molar-refractivity contribution in [3.63, 3.8) is 0 Å². The van der Waals surface area contributed by atoms with E-state index in [1.807, 2.05) is 0 Å². The van der Waals surface area contributed by atoms with Gasteiger partial charge in [0.25, 0.3) is 0 Å². The summed E-state index contributed by atoms with van der Waals surface area (Å²) in [6.45, 7) is -0.140. The molecule has 0 saturated heterocycles. The molecule has 0 amide bonds. The van der Waals surface area contributed by atoms with Crippen LogP contribution in [0.25, 0.3) is 11.0 Å². The lowest BCUT2D eigenvalue weighted by atomic mass is 10.0. The minimum atomic E-state index is -4.98. The number of benzene rings is 1. The largest absolute Gasteiger partial charge is 0.393 e. The van der Waals surface area contributed by atoms with Gasteiger partial charge >= 0.3 is 7.60 Å². The summed E-state index contributed by atoms with van der Waals surface area (Å²) in [5.41, 5.74) is 0.292. The lowest BCUT2D eigenvalue weighted by molar-refractivity contribution is -0.110. The van der Waals surface area contributed by atoms with Crippen LogP contribution in [0.4, 0.5) is 10.1 Å². The van der Waals surface area contributed by atoms with Crippen molar-refractivity contribution in [3.05, 3.63) is 53.1 Å². The summed E-state index contributed by atoms with van der Waals surface area (Å²) in [6.07, 6.45) is -0.713. The Morgan fingerprint density at radius 1 is 1.35 bits per heavy atom. The number of aliphatic hydroxyl groups is 3. The van der Waals surface area contributed by atoms with Crippen molar-refractivity contribution in [2.45, 2.75) is 43.0 Å². The molecule has 2 aliphatic carbocycles. The summed E-state index contributed by atoms with van der Waals surface area (Å²) in [5, 5.41) is 37.9. The SMILES string of the molecule is COC[C@](CO)(OCC12CC1[C@@H](n1ncc3c(N[C@@H](C)c4ccccc4F)cc(Cl)nc31)[C@H](O)[C@@H]2O)P(=O)(O)O. The molecule has 1 aromatic carbocycles. The van der Waals surface area contributed by atoms with E-state index in [2.05, 4.69) is 15.4 Å². The predicted molar refractivity (Wildman–Crippen MR) is 142 cm³/mol. The van der Waals surface area contributed by atoms with E-state index in [0.29, 0.717) is 28.7 Å². The highest BCUT2D eigenvalue weighted by atomic mass is 35.5. The van der Waals surface area contributed by atoms with Crippen LogP contribution in [-0.4, -0.2) is 84.4 Å². The molecule has 12 nitrogen and oxygen atoms in total. The first kappa shape index (κ1) is 29.3. The van der Waals surface area contributed by atoms with Crippen LogP contribution in [-0.2, 0) is 14.0 Å². The molecule has 2 aromatic heterocycles. The molecule has 2 heterocycles. The van der Waals surface area contributed by atoms with Crippen LogP contribution >= 0.6 is 19.2 Å². The molecule has 2 unspecified atom stereocenters. The Labute approximate surface area is 233 Å². The second-order valence-electron chi connectivity index (χ2n) is 10.5. The summed E-state index contributed by atoms with van der Waals surface area (Å²) in [4.78, 5) is 24.1. The maximum Gasteiger partial charge on any atom is 0.361 e. The highest BCUT2D eigenvalue weighted by molar-refractivity contribution is 7.53. The lowest BCUT2D eigenvalue weighted by Gasteiger charge is -2.34. The van der Waals surface area contributed by atoms with Gasteiger partial charge in [0.2, 0.25) is 5.34 Å². The van der Waals surface area contributed by atoms with E-state index < -0.39 is 55.9 Å². The van der Waals surface area contributed by atoms with E-state index in [1.54, 1.807) is 31.2 Å². The zero-order valence-electron chi connectivity index (χ0n) is 21.7. The first-order valence-electron chi connectivity index (χ1n) is 12.6. The predicted octanol–water partition coefficient (Wildman–Crippen LogP) is 2.21. The first-order valence-corrected chi connectivity index (χ1v) is 14.6. The molecule has 7 atom stereocenters. The van der Waals surface area contributed by atoms with Gasteiger partial charge in [-0.05, 0) is 31.4 Å². The molecule has 5 rings (SSSR count). The maximum absolute atomic E-state index is 14.4. The van der Waals surface area contributed by atoms with Gasteiger partial charge in [-0.25, -0.2) is 14.1 Å². The van der Waals surface area contributed by atoms with E-state index >= 15 is 0 Å². The normalized spacial score (nSPS) is 28.3. The molecule has 2 saturated carbocycles. The van der Waals surface area contributed by atoms with Gasteiger partial charge in [-0.1, -0.05) is 29.8 Å². The number of pyridine rings is 1. The topological polar surface area (TPSA) is 179 Å². The van der Waals surface area contributed by atoms with Crippen LogP contribution in [0.2, 0.25) is 5.15 Å². The number of nitrogens with one attached hydrogen (secondary N) is 1. The highest BCUT2D eigenvalue weighted by Crippen LogP contribution is 2.68. The Balaban J connectivity index is 1.43. The standard InChI is InChI=1S/C25H31ClFN4O8P/c1-13(14-5-3-4-6-17(14)27)29-18-7-19(26)30-23-15(18)9-28-31(23)20-16-8-24(16,22(34)21(20)33)11-39-25(10-32,12-38-2)40(35,36)37/h3-7,9,13,16,20-22,32-34H,8,10-12H2,1-2H3,(H,29,30)(H2,35,36,37)/t13-,16?,20+,21-,22-,24?,25+/m0/s1. The molecule has 40 heavy (non-hydrogen) atoms. The number of fused-ring (bicyclic) bond motifs is 2. The van der Waals surface area contributed by atoms with Gasteiger partial charge in [0, 0.05) is 18.1 Å². The molecule has 2 aliphatic rings. The number of methoxy groups -OCH3 is 1. The first-order chi connectivity index (χ1) is 18.9. The van der Waals surface area contributed by atoms with Gasteiger partial charge in [0.05, 0.1) is 55.3 Å². The molecule has 6 N–H and O–H groups in total. The number of hydrogen-bond donors (Lipinski definition) is 6. The fourth-order valence-electron chi connectivity index (χ4n) is 5.83. The van der Waals surface area contributed by atoms with Gasteiger partial charge < -0.3 is 39.9 Å². The minimum Gasteiger partial charge on any atom is -0.393 e. The van der Waals surface area contributed by atoms with E-state index in [-0.39, 0.29) is 23.5 Å². The van der Waals surface area contributed by atoms with Crippen molar-refractivity contribution in [1.29, 1.82) is 0 Å². The molecule has 0 radical (unpaired) electrons. The number of aromatic nitrogens is 3. The monoisotopic (exact) mass is 600 g/mol. The van der Waals surface area contributed by atoms with Crippen molar-refractivity contribution in [1.82, 2.24) is 14.8 Å². The summed E-state index contributed by atoms with van der Waals surface area (Å²) < 4.78 is 38.5. The summed E-state index contributed by atoms with van der Waals surface area (Å²) in [5.74, 6) is -0.745. The zero-order chi connectivity index (χ0) is 29.0. The Morgan fingerprint density at radius 2 is 2.08 bits per heavy atom. The summed E-state index contributed by atoms with van der Waals surface area (Å²) in [7, 11) is -3.77. The van der Waals surface area contributed by atoms with Crippen LogP contribution in [0, 0.1) is 17.2 Å². The van der Waals surface area contributed by atoms with E-state index in [1.165, 1.54) is 24.1 Å². The number of hydrogen-bond acceptors (Lipinski definition) is 9. The number of anilines is 1. The van der Waals surface area contributed by atoms with Crippen LogP contribution in [0.5, 0.6) is 0 Å². The van der Waals surface area contributed by atoms with Crippen molar-refractivity contribution < 1.29 is 43.5 Å². The Bertz CT molecular complexity index is 1460. The van der Waals surface area contributed by atoms with Crippen LogP contribution in [0.15, 0.2) is 36.5 Å². The molecule has 218 valence electrons. The van der Waals surface area contributed by atoms with Gasteiger partial charge in [0.15, 0.2) is 5.65 Å². The van der Waals surface area contributed by atoms with E-state index in [9.17, 15) is 34.1 Å². The van der Waals surface area contributed by atoms with Gasteiger partial charge in [0.1, 0.15) is 17.1 Å².